The first-order valence-electron chi connectivity index (χ1n) is 10.3. The Bertz CT molecular complexity index is 1230. The number of hydrogen-bond donors (Lipinski definition) is 2. The van der Waals surface area contributed by atoms with Gasteiger partial charge in [-0.1, -0.05) is 25.1 Å². The highest BCUT2D eigenvalue weighted by molar-refractivity contribution is 8.45. The zero-order valence-electron chi connectivity index (χ0n) is 18.7. The van der Waals surface area contributed by atoms with E-state index in [1.165, 1.54) is 23.5 Å². The Morgan fingerprint density at radius 2 is 1.69 bits per heavy atom. The maximum absolute atomic E-state index is 13.4. The Balaban J connectivity index is 1.92. The SMILES string of the molecule is CCc1cc(C(=O)c2ccc(OC(F)(F)F)cc2)c(NC(=O)S(C)(CC(=O)O)c2ccccc2)s1. The normalized spacial score (nSPS) is 14.0. The summed E-state index contributed by atoms with van der Waals surface area (Å²) in [5.74, 6) is -2.47. The number of ketones is 1. The molecule has 0 bridgehead atoms. The van der Waals surface area contributed by atoms with Crippen molar-refractivity contribution in [3.8, 4) is 5.75 Å². The van der Waals surface area contributed by atoms with Crippen LogP contribution in [0.3, 0.4) is 0 Å². The van der Waals surface area contributed by atoms with Gasteiger partial charge in [0.25, 0.3) is 5.24 Å². The quantitative estimate of drug-likeness (QED) is 0.325. The van der Waals surface area contributed by atoms with E-state index in [0.29, 0.717) is 11.3 Å². The zero-order chi connectivity index (χ0) is 25.8. The Labute approximate surface area is 205 Å². The second-order valence-corrected chi connectivity index (χ2v) is 12.0. The van der Waals surface area contributed by atoms with Crippen LogP contribution in [0.4, 0.5) is 23.0 Å². The number of nitrogens with one attached hydrogen (secondary N) is 1. The van der Waals surface area contributed by atoms with E-state index in [2.05, 4.69) is 10.1 Å². The first kappa shape index (κ1) is 26.3. The lowest BCUT2D eigenvalue weighted by Gasteiger charge is -2.32. The molecule has 1 atom stereocenters. The molecule has 1 amide bonds. The maximum atomic E-state index is 13.4. The highest BCUT2D eigenvalue weighted by Gasteiger charge is 2.34. The van der Waals surface area contributed by atoms with E-state index < -0.39 is 44.9 Å². The molecule has 1 unspecified atom stereocenters. The second kappa shape index (κ2) is 10.5. The van der Waals surface area contributed by atoms with Crippen molar-refractivity contribution in [1.29, 1.82) is 0 Å². The van der Waals surface area contributed by atoms with Crippen LogP contribution in [0.2, 0.25) is 0 Å². The van der Waals surface area contributed by atoms with Gasteiger partial charge in [0, 0.05) is 10.4 Å². The minimum atomic E-state index is -4.85. The number of hydrogen-bond acceptors (Lipinski definition) is 5. The van der Waals surface area contributed by atoms with Crippen molar-refractivity contribution in [3.05, 3.63) is 76.7 Å². The summed E-state index contributed by atoms with van der Waals surface area (Å²) in [7, 11) is -2.50. The van der Waals surface area contributed by atoms with Gasteiger partial charge in [-0.15, -0.1) is 34.5 Å². The van der Waals surface area contributed by atoms with Crippen molar-refractivity contribution in [3.63, 3.8) is 0 Å². The standard InChI is InChI=1S/C24H22F3NO5S2/c1-3-17-13-19(21(31)15-9-11-16(12-10-15)33-24(25,26)27)22(34-17)28-23(32)35(2,14-20(29)30)18-7-5-4-6-8-18/h4-13H,3,14H2,1-2H3,(H,28,32)(H,29,30). The zero-order valence-corrected chi connectivity index (χ0v) is 20.4. The molecule has 1 heterocycles. The molecule has 6 nitrogen and oxygen atoms in total. The Hall–Kier alpha value is -3.31. The van der Waals surface area contributed by atoms with E-state index >= 15 is 0 Å². The van der Waals surface area contributed by atoms with Crippen LogP contribution in [0, 0.1) is 0 Å². The highest BCUT2D eigenvalue weighted by Crippen LogP contribution is 2.54. The van der Waals surface area contributed by atoms with Crippen molar-refractivity contribution >= 4 is 43.4 Å². The predicted octanol–water partition coefficient (Wildman–Crippen LogP) is 6.55. The Morgan fingerprint density at radius 3 is 2.23 bits per heavy atom. The molecule has 35 heavy (non-hydrogen) atoms. The number of carbonyl (C=O) groups excluding carboxylic acids is 2. The average Bonchev–Trinajstić information content (AvgIpc) is 3.21. The number of alkyl halides is 3. The fourth-order valence-electron chi connectivity index (χ4n) is 3.27. The number of carboxylic acid groups (broad SMARTS) is 1. The number of amides is 1. The van der Waals surface area contributed by atoms with Crippen LogP contribution >= 0.6 is 21.4 Å². The van der Waals surface area contributed by atoms with Gasteiger partial charge in [-0.25, -0.2) is 0 Å². The van der Waals surface area contributed by atoms with Gasteiger partial charge in [0.1, 0.15) is 10.8 Å². The van der Waals surface area contributed by atoms with Crippen LogP contribution in [0.15, 0.2) is 65.6 Å². The summed E-state index contributed by atoms with van der Waals surface area (Å²) in [4.78, 5) is 39.5. The molecule has 0 saturated heterocycles. The molecule has 2 aromatic carbocycles. The average molecular weight is 526 g/mol. The van der Waals surface area contributed by atoms with Gasteiger partial charge in [-0.3, -0.25) is 14.4 Å². The van der Waals surface area contributed by atoms with Crippen LogP contribution in [-0.4, -0.2) is 40.5 Å². The summed E-state index contributed by atoms with van der Waals surface area (Å²) in [6, 6.07) is 14.7. The van der Waals surface area contributed by atoms with Crippen molar-refractivity contribution in [2.24, 2.45) is 0 Å². The Kier molecular flexibility index (Phi) is 7.91. The van der Waals surface area contributed by atoms with E-state index in [1.54, 1.807) is 42.7 Å². The molecule has 1 aromatic heterocycles. The predicted molar refractivity (Wildman–Crippen MR) is 130 cm³/mol. The molecule has 0 aliphatic rings. The minimum Gasteiger partial charge on any atom is -0.481 e. The third kappa shape index (κ3) is 6.43. The number of aryl methyl sites for hydroxylation is 1. The number of carbonyl (C=O) groups is 3. The van der Waals surface area contributed by atoms with Gasteiger partial charge in [0.2, 0.25) is 0 Å². The van der Waals surface area contributed by atoms with Gasteiger partial charge < -0.3 is 15.2 Å². The first-order valence-corrected chi connectivity index (χ1v) is 13.3. The third-order valence-corrected chi connectivity index (χ3v) is 9.28. The lowest BCUT2D eigenvalue weighted by molar-refractivity contribution is -0.274. The molecule has 0 radical (unpaired) electrons. The number of benzene rings is 2. The molecule has 0 aliphatic carbocycles. The summed E-state index contributed by atoms with van der Waals surface area (Å²) in [6.45, 7) is 1.87. The van der Waals surface area contributed by atoms with E-state index in [1.807, 2.05) is 6.92 Å². The number of anilines is 1. The van der Waals surface area contributed by atoms with E-state index in [0.717, 1.165) is 17.0 Å². The topological polar surface area (TPSA) is 92.7 Å². The molecule has 3 aromatic rings. The number of aliphatic carboxylic acids is 1. The van der Waals surface area contributed by atoms with Crippen molar-refractivity contribution in [1.82, 2.24) is 0 Å². The molecule has 11 heteroatoms. The van der Waals surface area contributed by atoms with Crippen LogP contribution < -0.4 is 10.1 Å². The van der Waals surface area contributed by atoms with Crippen LogP contribution in [0.1, 0.15) is 27.7 Å². The van der Waals surface area contributed by atoms with Gasteiger partial charge >= 0.3 is 12.3 Å². The van der Waals surface area contributed by atoms with Crippen LogP contribution in [0.25, 0.3) is 0 Å². The van der Waals surface area contributed by atoms with E-state index in [-0.39, 0.29) is 16.1 Å². The lowest BCUT2D eigenvalue weighted by atomic mass is 10.0. The highest BCUT2D eigenvalue weighted by atomic mass is 32.3. The number of rotatable bonds is 8. The second-order valence-electron chi connectivity index (χ2n) is 7.56. The summed E-state index contributed by atoms with van der Waals surface area (Å²) >= 11 is 1.19. The molecule has 3 rings (SSSR count). The van der Waals surface area contributed by atoms with Crippen molar-refractivity contribution in [2.45, 2.75) is 24.6 Å². The molecule has 186 valence electrons. The molecule has 0 aliphatic heterocycles. The molecule has 0 fully saturated rings. The number of halogens is 3. The Morgan fingerprint density at radius 1 is 1.06 bits per heavy atom. The number of carboxylic acids is 1. The summed E-state index contributed by atoms with van der Waals surface area (Å²) in [5, 5.41) is 12.0. The maximum Gasteiger partial charge on any atom is 0.573 e. The van der Waals surface area contributed by atoms with E-state index in [9.17, 15) is 32.7 Å². The summed E-state index contributed by atoms with van der Waals surface area (Å²) in [6.07, 6.45) is -2.67. The molecule has 2 N–H and O–H groups in total. The molecular formula is C24H22F3NO5S2. The monoisotopic (exact) mass is 525 g/mol. The molecule has 0 saturated carbocycles. The lowest BCUT2D eigenvalue weighted by Crippen LogP contribution is -2.25. The van der Waals surface area contributed by atoms with Gasteiger partial charge in [-0.05, 0) is 60.0 Å². The first-order chi connectivity index (χ1) is 16.4. The molecule has 0 spiro atoms. The van der Waals surface area contributed by atoms with E-state index in [4.69, 9.17) is 0 Å². The largest absolute Gasteiger partial charge is 0.573 e. The summed E-state index contributed by atoms with van der Waals surface area (Å²) < 4.78 is 41.1. The van der Waals surface area contributed by atoms with Crippen molar-refractivity contribution in [2.75, 3.05) is 17.3 Å². The van der Waals surface area contributed by atoms with Crippen molar-refractivity contribution < 1.29 is 37.4 Å². The van der Waals surface area contributed by atoms with Crippen LogP contribution in [0.5, 0.6) is 5.75 Å². The van der Waals surface area contributed by atoms with Gasteiger partial charge in [-0.2, -0.15) is 0 Å². The number of thiophene rings is 1. The van der Waals surface area contributed by atoms with Crippen LogP contribution in [-0.2, 0) is 11.2 Å². The fraction of sp³-hybridized carbons (Fsp3) is 0.208. The minimum absolute atomic E-state index is 0.110. The number of ether oxygens (including phenoxy) is 1. The molecular weight excluding hydrogens is 503 g/mol. The summed E-state index contributed by atoms with van der Waals surface area (Å²) in [5.41, 5.74) is 0.286. The fourth-order valence-corrected chi connectivity index (χ4v) is 6.41. The van der Waals surface area contributed by atoms with Gasteiger partial charge in [0.05, 0.1) is 11.3 Å². The third-order valence-electron chi connectivity index (χ3n) is 5.03. The van der Waals surface area contributed by atoms with Gasteiger partial charge in [0.15, 0.2) is 5.78 Å². The smallest absolute Gasteiger partial charge is 0.481 e.